The van der Waals surface area contributed by atoms with Crippen LogP contribution in [-0.4, -0.2) is 59.5 Å². The second-order valence-corrected chi connectivity index (χ2v) is 15.5. The molecule has 42 heavy (non-hydrogen) atoms. The molecule has 224 valence electrons. The molecule has 6 heteroatoms. The van der Waals surface area contributed by atoms with E-state index in [4.69, 9.17) is 14.2 Å². The maximum Gasteiger partial charge on any atom is 0.343 e. The molecule has 7 aliphatic rings. The molecule has 0 amide bonds. The van der Waals surface area contributed by atoms with Crippen molar-refractivity contribution < 1.29 is 24.1 Å². The summed E-state index contributed by atoms with van der Waals surface area (Å²) < 4.78 is 20.0. The van der Waals surface area contributed by atoms with Gasteiger partial charge in [0.2, 0.25) is 0 Å². The summed E-state index contributed by atoms with van der Waals surface area (Å²) in [6.45, 7) is 10.7. The fraction of sp³-hybridized carbons (Fsp3) is 0.639. The van der Waals surface area contributed by atoms with E-state index < -0.39 is 11.2 Å². The second kappa shape index (κ2) is 8.61. The van der Waals surface area contributed by atoms with Gasteiger partial charge >= 0.3 is 5.97 Å². The molecule has 7 atom stereocenters. The Balaban J connectivity index is 1.31. The summed E-state index contributed by atoms with van der Waals surface area (Å²) >= 11 is 0. The van der Waals surface area contributed by atoms with Crippen LogP contribution in [0.25, 0.3) is 0 Å². The van der Waals surface area contributed by atoms with Crippen LogP contribution in [-0.2, 0) is 16.6 Å². The van der Waals surface area contributed by atoms with Gasteiger partial charge in [-0.25, -0.2) is 4.79 Å². The van der Waals surface area contributed by atoms with Gasteiger partial charge in [0.05, 0.1) is 11.2 Å². The first-order valence-electron chi connectivity index (χ1n) is 16.1. The number of aliphatic hydroxyl groups is 1. The number of fused-ring (bicyclic) bond motifs is 2. The summed E-state index contributed by atoms with van der Waals surface area (Å²) in [5.41, 5.74) is 0.916. The molecule has 4 saturated carbocycles. The number of rotatable bonds is 6. The normalized spacial score (nSPS) is 37.5. The van der Waals surface area contributed by atoms with Gasteiger partial charge in [0.25, 0.3) is 0 Å². The number of carbonyl (C=O) groups excluding carboxylic acids is 1. The molecule has 9 rings (SSSR count). The first-order valence-corrected chi connectivity index (χ1v) is 16.1. The van der Waals surface area contributed by atoms with Crippen LogP contribution in [0.5, 0.6) is 11.5 Å². The number of ether oxygens (including phenoxy) is 3. The molecule has 2 heterocycles. The van der Waals surface area contributed by atoms with Crippen LogP contribution in [0.4, 0.5) is 0 Å². The van der Waals surface area contributed by atoms with Gasteiger partial charge in [-0.2, -0.15) is 0 Å². The molecule has 0 radical (unpaired) electrons. The Morgan fingerprint density at radius 3 is 2.52 bits per heavy atom. The number of methoxy groups -OCH3 is 1. The first kappa shape index (κ1) is 27.2. The number of carbonyl (C=O) groups is 1. The molecule has 4 bridgehead atoms. The van der Waals surface area contributed by atoms with Crippen LogP contribution in [0, 0.1) is 22.7 Å². The lowest BCUT2D eigenvalue weighted by molar-refractivity contribution is -0.312. The minimum absolute atomic E-state index is 0.0364. The van der Waals surface area contributed by atoms with Crippen molar-refractivity contribution in [2.45, 2.75) is 101 Å². The summed E-state index contributed by atoms with van der Waals surface area (Å²) in [7, 11) is 1.83. The molecular weight excluding hydrogens is 526 g/mol. The average Bonchev–Trinajstić information content (AvgIpc) is 3.71. The van der Waals surface area contributed by atoms with Gasteiger partial charge in [-0.15, -0.1) is 0 Å². The third-order valence-electron chi connectivity index (χ3n) is 13.1. The number of nitrogens with zero attached hydrogens (tertiary/aromatic N) is 1. The minimum Gasteiger partial charge on any atom is -0.482 e. The van der Waals surface area contributed by atoms with E-state index in [9.17, 15) is 9.90 Å². The van der Waals surface area contributed by atoms with Gasteiger partial charge in [0, 0.05) is 42.0 Å². The summed E-state index contributed by atoms with van der Waals surface area (Å²) in [6, 6.07) is 13.7. The Kier molecular flexibility index (Phi) is 5.57. The molecule has 2 spiro atoms. The zero-order chi connectivity index (χ0) is 29.3. The number of hydrogen-bond donors (Lipinski definition) is 1. The fourth-order valence-corrected chi connectivity index (χ4v) is 10.4. The molecule has 2 aromatic carbocycles. The topological polar surface area (TPSA) is 68.2 Å². The smallest absolute Gasteiger partial charge is 0.343 e. The van der Waals surface area contributed by atoms with Crippen molar-refractivity contribution in [1.82, 2.24) is 4.90 Å². The van der Waals surface area contributed by atoms with E-state index >= 15 is 0 Å². The lowest BCUT2D eigenvalue weighted by Gasteiger charge is -2.75. The highest BCUT2D eigenvalue weighted by atomic mass is 16.6. The van der Waals surface area contributed by atoms with Crippen molar-refractivity contribution in [3.8, 4) is 11.5 Å². The molecule has 5 aliphatic carbocycles. The van der Waals surface area contributed by atoms with Crippen LogP contribution in [0.2, 0.25) is 0 Å². The maximum absolute atomic E-state index is 13.3. The Hall–Kier alpha value is -2.41. The fourth-order valence-electron chi connectivity index (χ4n) is 10.4. The van der Waals surface area contributed by atoms with E-state index in [2.05, 4.69) is 31.7 Å². The average molecular weight is 572 g/mol. The van der Waals surface area contributed by atoms with Crippen LogP contribution in [0.15, 0.2) is 42.5 Å². The molecule has 1 N–H and O–H groups in total. The third-order valence-corrected chi connectivity index (χ3v) is 13.1. The zero-order valence-corrected chi connectivity index (χ0v) is 25.7. The van der Waals surface area contributed by atoms with Gasteiger partial charge in [-0.3, -0.25) is 4.90 Å². The number of likely N-dealkylation sites (tertiary alicyclic amines) is 1. The highest BCUT2D eigenvalue weighted by molar-refractivity contribution is 5.91. The Bertz CT molecular complexity index is 1440. The van der Waals surface area contributed by atoms with Crippen LogP contribution >= 0.6 is 0 Å². The SMILES string of the molecule is CO[C@]12CC[C@@]3(C[C@@H]1[C@](C)(O)C(C)(C)C)[C@H]1Cc4ccc(OC(=O)c5ccccc5)c5c4[C@@]3(CCN1CC1CC1)[C@H]2O5. The highest BCUT2D eigenvalue weighted by Crippen LogP contribution is 2.78. The van der Waals surface area contributed by atoms with E-state index in [1.54, 1.807) is 12.1 Å². The largest absolute Gasteiger partial charge is 0.482 e. The number of hydrogen-bond acceptors (Lipinski definition) is 6. The van der Waals surface area contributed by atoms with Gasteiger partial charge in [-0.1, -0.05) is 45.0 Å². The Morgan fingerprint density at radius 1 is 1.07 bits per heavy atom. The molecule has 0 unspecified atom stereocenters. The number of piperidine rings is 1. The second-order valence-electron chi connectivity index (χ2n) is 15.5. The van der Waals surface area contributed by atoms with E-state index in [0.717, 1.165) is 50.3 Å². The van der Waals surface area contributed by atoms with Gasteiger partial charge in [0.1, 0.15) is 11.7 Å². The lowest BCUT2D eigenvalue weighted by atomic mass is 9.33. The van der Waals surface area contributed by atoms with Crippen molar-refractivity contribution in [1.29, 1.82) is 0 Å². The van der Waals surface area contributed by atoms with E-state index in [1.807, 2.05) is 38.3 Å². The molecule has 5 fully saturated rings. The lowest BCUT2D eigenvalue weighted by Crippen LogP contribution is -2.83. The van der Waals surface area contributed by atoms with Crippen molar-refractivity contribution in [2.75, 3.05) is 20.2 Å². The maximum atomic E-state index is 13.3. The monoisotopic (exact) mass is 571 g/mol. The summed E-state index contributed by atoms with van der Waals surface area (Å²) in [5, 5.41) is 12.4. The number of benzene rings is 2. The van der Waals surface area contributed by atoms with Crippen LogP contribution in [0.1, 0.15) is 87.7 Å². The number of esters is 1. The molecular formula is C36H45NO5. The summed E-state index contributed by atoms with van der Waals surface area (Å²) in [6.07, 6.45) is 7.28. The predicted octanol–water partition coefficient (Wildman–Crippen LogP) is 5.93. The molecule has 1 saturated heterocycles. The Labute approximate surface area is 249 Å². The summed E-state index contributed by atoms with van der Waals surface area (Å²) in [5.74, 6) is 1.60. The minimum atomic E-state index is -0.964. The van der Waals surface area contributed by atoms with E-state index in [1.165, 1.54) is 30.5 Å². The van der Waals surface area contributed by atoms with Gasteiger partial charge in [-0.05, 0) is 93.5 Å². The quantitative estimate of drug-likeness (QED) is 0.343. The predicted molar refractivity (Wildman–Crippen MR) is 160 cm³/mol. The Morgan fingerprint density at radius 2 is 1.83 bits per heavy atom. The van der Waals surface area contributed by atoms with Crippen molar-refractivity contribution in [3.05, 3.63) is 59.2 Å². The first-order chi connectivity index (χ1) is 20.0. The summed E-state index contributed by atoms with van der Waals surface area (Å²) in [4.78, 5) is 16.1. The molecule has 6 nitrogen and oxygen atoms in total. The van der Waals surface area contributed by atoms with Crippen molar-refractivity contribution >= 4 is 5.97 Å². The van der Waals surface area contributed by atoms with Crippen LogP contribution in [0.3, 0.4) is 0 Å². The van der Waals surface area contributed by atoms with Gasteiger partial charge < -0.3 is 19.3 Å². The molecule has 0 aromatic heterocycles. The van der Waals surface area contributed by atoms with Crippen molar-refractivity contribution in [2.24, 2.45) is 22.7 Å². The van der Waals surface area contributed by atoms with Gasteiger partial charge in [0.15, 0.2) is 11.5 Å². The van der Waals surface area contributed by atoms with E-state index in [-0.39, 0.29) is 34.2 Å². The van der Waals surface area contributed by atoms with Crippen molar-refractivity contribution in [3.63, 3.8) is 0 Å². The highest BCUT2D eigenvalue weighted by Gasteiger charge is 2.82. The third kappa shape index (κ3) is 3.24. The van der Waals surface area contributed by atoms with E-state index in [0.29, 0.717) is 17.4 Å². The van der Waals surface area contributed by atoms with Crippen LogP contribution < -0.4 is 9.47 Å². The molecule has 2 aliphatic heterocycles. The molecule has 2 aromatic rings. The standard InChI is InChI=1S/C36H45NO5/c1-32(2,3)33(4,39)26-20-34-15-16-36(26,40-5)31-35(34)17-18-37(21-22-11-12-22)27(34)19-24-13-14-25(29(42-31)28(24)35)41-30(38)23-9-7-6-8-10-23/h6-10,13-14,22,26-27,31,39H,11-12,15-21H2,1-5H3/t26-,27-,31-,33+,34-,35+,36-/m1/s1. The zero-order valence-electron chi connectivity index (χ0n) is 25.7.